The van der Waals surface area contributed by atoms with Crippen LogP contribution < -0.4 is 4.90 Å². The summed E-state index contributed by atoms with van der Waals surface area (Å²) in [6.07, 6.45) is 1.55. The summed E-state index contributed by atoms with van der Waals surface area (Å²) in [4.78, 5) is 13.9. The molecule has 0 saturated carbocycles. The molecule has 1 aromatic carbocycles. The van der Waals surface area contributed by atoms with E-state index in [-0.39, 0.29) is 0 Å². The lowest BCUT2D eigenvalue weighted by atomic mass is 9.88. The third kappa shape index (κ3) is 2.99. The Bertz CT molecular complexity index is 712. The SMILES string of the molecule is COC(=O)[C@@H]1CN(c2cccnn2)C[C@H]1c1ccc(F)cc1F. The number of anilines is 1. The Kier molecular flexibility index (Phi) is 4.18. The predicted molar refractivity (Wildman–Crippen MR) is 78.9 cm³/mol. The van der Waals surface area contributed by atoms with Crippen molar-refractivity contribution < 1.29 is 18.3 Å². The molecule has 0 amide bonds. The van der Waals surface area contributed by atoms with E-state index in [2.05, 4.69) is 10.2 Å². The summed E-state index contributed by atoms with van der Waals surface area (Å²) in [6.45, 7) is 0.716. The number of hydrogen-bond donors (Lipinski definition) is 0. The van der Waals surface area contributed by atoms with Gasteiger partial charge in [0.25, 0.3) is 0 Å². The second kappa shape index (κ2) is 6.28. The molecule has 0 radical (unpaired) electrons. The van der Waals surface area contributed by atoms with Gasteiger partial charge in [0, 0.05) is 31.3 Å². The van der Waals surface area contributed by atoms with Gasteiger partial charge in [-0.05, 0) is 23.8 Å². The van der Waals surface area contributed by atoms with Crippen LogP contribution in [0.25, 0.3) is 0 Å². The molecule has 7 heteroatoms. The fourth-order valence-corrected chi connectivity index (χ4v) is 2.96. The van der Waals surface area contributed by atoms with E-state index in [1.54, 1.807) is 18.3 Å². The van der Waals surface area contributed by atoms with E-state index >= 15 is 0 Å². The Balaban J connectivity index is 1.94. The highest BCUT2D eigenvalue weighted by Gasteiger charge is 2.41. The topological polar surface area (TPSA) is 55.3 Å². The van der Waals surface area contributed by atoms with Crippen molar-refractivity contribution in [3.63, 3.8) is 0 Å². The summed E-state index contributed by atoms with van der Waals surface area (Å²) in [7, 11) is 1.30. The van der Waals surface area contributed by atoms with Crippen molar-refractivity contribution in [1.29, 1.82) is 0 Å². The highest BCUT2D eigenvalue weighted by atomic mass is 19.1. The Morgan fingerprint density at radius 1 is 1.30 bits per heavy atom. The summed E-state index contributed by atoms with van der Waals surface area (Å²) in [5.74, 6) is -2.13. The van der Waals surface area contributed by atoms with Gasteiger partial charge in [-0.3, -0.25) is 4.79 Å². The molecule has 0 spiro atoms. The lowest BCUT2D eigenvalue weighted by Crippen LogP contribution is -2.25. The predicted octanol–water partition coefficient (Wildman–Crippen LogP) is 2.15. The maximum atomic E-state index is 14.1. The van der Waals surface area contributed by atoms with Gasteiger partial charge in [-0.1, -0.05) is 6.07 Å². The molecule has 0 unspecified atom stereocenters. The number of nitrogens with zero attached hydrogens (tertiary/aromatic N) is 3. The van der Waals surface area contributed by atoms with Crippen molar-refractivity contribution in [3.05, 3.63) is 53.7 Å². The van der Waals surface area contributed by atoms with Crippen LogP contribution in [-0.4, -0.2) is 36.4 Å². The van der Waals surface area contributed by atoms with Crippen molar-refractivity contribution in [3.8, 4) is 0 Å². The fraction of sp³-hybridized carbons (Fsp3) is 0.312. The molecule has 1 aliphatic heterocycles. The summed E-state index contributed by atoms with van der Waals surface area (Å²) in [5.41, 5.74) is 0.299. The van der Waals surface area contributed by atoms with Gasteiger partial charge in [0.1, 0.15) is 11.6 Å². The molecule has 23 heavy (non-hydrogen) atoms. The van der Waals surface area contributed by atoms with Crippen molar-refractivity contribution in [2.24, 2.45) is 5.92 Å². The first kappa shape index (κ1) is 15.3. The summed E-state index contributed by atoms with van der Waals surface area (Å²) < 4.78 is 32.1. The van der Waals surface area contributed by atoms with Gasteiger partial charge in [0.15, 0.2) is 5.82 Å². The number of aromatic nitrogens is 2. The standard InChI is InChI=1S/C16H15F2N3O2/c1-23-16(22)13-9-21(15-3-2-6-19-20-15)8-12(13)11-5-4-10(17)7-14(11)18/h2-7,12-13H,8-9H2,1H3/t12-,13+/m0/s1. The van der Waals surface area contributed by atoms with E-state index in [1.165, 1.54) is 19.2 Å². The van der Waals surface area contributed by atoms with Crippen LogP contribution in [0.5, 0.6) is 0 Å². The number of rotatable bonds is 3. The lowest BCUT2D eigenvalue weighted by Gasteiger charge is -2.17. The number of methoxy groups -OCH3 is 1. The van der Waals surface area contributed by atoms with Crippen molar-refractivity contribution in [2.75, 3.05) is 25.1 Å². The van der Waals surface area contributed by atoms with Gasteiger partial charge < -0.3 is 9.64 Å². The maximum Gasteiger partial charge on any atom is 0.311 e. The first-order valence-corrected chi connectivity index (χ1v) is 7.15. The number of esters is 1. The molecule has 1 saturated heterocycles. The van der Waals surface area contributed by atoms with E-state index < -0.39 is 29.4 Å². The molecule has 1 aliphatic rings. The molecule has 0 aliphatic carbocycles. The van der Waals surface area contributed by atoms with Gasteiger partial charge in [0.2, 0.25) is 0 Å². The number of carbonyl (C=O) groups is 1. The maximum absolute atomic E-state index is 14.1. The average molecular weight is 319 g/mol. The van der Waals surface area contributed by atoms with E-state index in [9.17, 15) is 13.6 Å². The number of hydrogen-bond acceptors (Lipinski definition) is 5. The van der Waals surface area contributed by atoms with Gasteiger partial charge in [-0.25, -0.2) is 8.78 Å². The van der Waals surface area contributed by atoms with Crippen LogP contribution in [0.2, 0.25) is 0 Å². The average Bonchev–Trinajstić information content (AvgIpc) is 3.00. The minimum Gasteiger partial charge on any atom is -0.469 e. The lowest BCUT2D eigenvalue weighted by molar-refractivity contribution is -0.145. The second-order valence-electron chi connectivity index (χ2n) is 5.39. The molecule has 0 bridgehead atoms. The highest BCUT2D eigenvalue weighted by molar-refractivity contribution is 5.75. The molecule has 120 valence electrons. The zero-order valence-corrected chi connectivity index (χ0v) is 12.4. The molecule has 1 fully saturated rings. The molecular weight excluding hydrogens is 304 g/mol. The summed E-state index contributed by atoms with van der Waals surface area (Å²) in [5, 5.41) is 7.83. The van der Waals surface area contributed by atoms with Crippen molar-refractivity contribution in [2.45, 2.75) is 5.92 Å². The zero-order chi connectivity index (χ0) is 16.4. The first-order valence-electron chi connectivity index (χ1n) is 7.15. The van der Waals surface area contributed by atoms with Gasteiger partial charge >= 0.3 is 5.97 Å². The summed E-state index contributed by atoms with van der Waals surface area (Å²) in [6, 6.07) is 6.91. The van der Waals surface area contributed by atoms with Crippen LogP contribution in [0.15, 0.2) is 36.5 Å². The highest BCUT2D eigenvalue weighted by Crippen LogP contribution is 2.36. The van der Waals surface area contributed by atoms with Gasteiger partial charge in [-0.15, -0.1) is 5.10 Å². The van der Waals surface area contributed by atoms with E-state index in [1.807, 2.05) is 4.90 Å². The molecule has 2 aromatic rings. The monoisotopic (exact) mass is 319 g/mol. The third-order valence-corrected chi connectivity index (χ3v) is 4.07. The number of carbonyl (C=O) groups excluding carboxylic acids is 1. The Hall–Kier alpha value is -2.57. The molecule has 3 rings (SSSR count). The first-order chi connectivity index (χ1) is 11.1. The summed E-state index contributed by atoms with van der Waals surface area (Å²) >= 11 is 0. The fourth-order valence-electron chi connectivity index (χ4n) is 2.96. The molecule has 1 aromatic heterocycles. The molecular formula is C16H15F2N3O2. The number of halogens is 2. The Labute approximate surface area is 131 Å². The van der Waals surface area contributed by atoms with Crippen LogP contribution >= 0.6 is 0 Å². The number of ether oxygens (including phenoxy) is 1. The van der Waals surface area contributed by atoms with Crippen molar-refractivity contribution >= 4 is 11.8 Å². The van der Waals surface area contributed by atoms with E-state index in [4.69, 9.17) is 4.74 Å². The van der Waals surface area contributed by atoms with Gasteiger partial charge in [-0.2, -0.15) is 5.10 Å². The second-order valence-corrected chi connectivity index (χ2v) is 5.39. The van der Waals surface area contributed by atoms with Crippen LogP contribution in [0.4, 0.5) is 14.6 Å². The largest absolute Gasteiger partial charge is 0.469 e. The quantitative estimate of drug-likeness (QED) is 0.812. The van der Waals surface area contributed by atoms with Crippen molar-refractivity contribution in [1.82, 2.24) is 10.2 Å². The zero-order valence-electron chi connectivity index (χ0n) is 12.4. The third-order valence-electron chi connectivity index (χ3n) is 4.07. The Morgan fingerprint density at radius 3 is 2.78 bits per heavy atom. The molecule has 0 N–H and O–H groups in total. The Morgan fingerprint density at radius 2 is 2.13 bits per heavy atom. The minimum absolute atomic E-state index is 0.299. The van der Waals surface area contributed by atoms with Gasteiger partial charge in [0.05, 0.1) is 13.0 Å². The van der Waals surface area contributed by atoms with Crippen LogP contribution in [0.3, 0.4) is 0 Å². The van der Waals surface area contributed by atoms with Crippen LogP contribution in [0, 0.1) is 17.6 Å². The van der Waals surface area contributed by atoms with E-state index in [0.29, 0.717) is 24.5 Å². The molecule has 2 atom stereocenters. The normalized spacial score (nSPS) is 20.6. The number of benzene rings is 1. The van der Waals surface area contributed by atoms with E-state index in [0.717, 1.165) is 6.07 Å². The minimum atomic E-state index is -0.662. The molecule has 2 heterocycles. The smallest absolute Gasteiger partial charge is 0.311 e. The van der Waals surface area contributed by atoms with Crippen LogP contribution in [-0.2, 0) is 9.53 Å². The molecule has 5 nitrogen and oxygen atoms in total. The van der Waals surface area contributed by atoms with Crippen LogP contribution in [0.1, 0.15) is 11.5 Å².